The number of nitrogens with one attached hydrogen (secondary N) is 2. The molecule has 1 heterocycles. The van der Waals surface area contributed by atoms with Crippen LogP contribution >= 0.6 is 0 Å². The fourth-order valence-electron chi connectivity index (χ4n) is 4.73. The van der Waals surface area contributed by atoms with Crippen LogP contribution in [0.4, 0.5) is 0 Å². The zero-order valence-corrected chi connectivity index (χ0v) is 18.1. The van der Waals surface area contributed by atoms with Gasteiger partial charge in [-0.2, -0.15) is 0 Å². The minimum atomic E-state index is -2.82. The Morgan fingerprint density at radius 2 is 1.70 bits per heavy atom. The van der Waals surface area contributed by atoms with Crippen molar-refractivity contribution in [3.63, 3.8) is 0 Å². The third kappa shape index (κ3) is 6.95. The number of hydrogen-bond donors (Lipinski definition) is 2. The molecule has 6 heteroatoms. The molecule has 0 amide bonds. The van der Waals surface area contributed by atoms with Gasteiger partial charge >= 0.3 is 0 Å². The van der Waals surface area contributed by atoms with E-state index < -0.39 is 9.84 Å². The summed E-state index contributed by atoms with van der Waals surface area (Å²) in [5, 5.41) is 7.24. The summed E-state index contributed by atoms with van der Waals surface area (Å²) in [4.78, 5) is 4.81. The molecule has 3 aliphatic rings. The number of hydrogen-bond acceptors (Lipinski definition) is 3. The largest absolute Gasteiger partial charge is 0.356 e. The molecule has 0 aromatic heterocycles. The monoisotopic (exact) mass is 397 g/mol. The van der Waals surface area contributed by atoms with Crippen molar-refractivity contribution in [3.05, 3.63) is 0 Å². The molecule has 0 aromatic rings. The maximum atomic E-state index is 11.7. The van der Waals surface area contributed by atoms with Crippen LogP contribution < -0.4 is 10.6 Å². The molecule has 0 radical (unpaired) electrons. The lowest BCUT2D eigenvalue weighted by molar-refractivity contribution is 0.192. The van der Waals surface area contributed by atoms with Crippen LogP contribution in [0, 0.1) is 17.3 Å². The molecule has 1 saturated heterocycles. The first kappa shape index (κ1) is 20.9. The number of guanidine groups is 1. The van der Waals surface area contributed by atoms with Crippen LogP contribution in [0.1, 0.15) is 78.1 Å². The predicted molar refractivity (Wildman–Crippen MR) is 113 cm³/mol. The normalized spacial score (nSPS) is 29.6. The number of aliphatic imine (C=N–C) groups is 1. The molecule has 2 aliphatic carbocycles. The van der Waals surface area contributed by atoms with Gasteiger partial charge in [0.05, 0.1) is 11.5 Å². The van der Waals surface area contributed by atoms with E-state index in [1.54, 1.807) is 0 Å². The molecule has 0 bridgehead atoms. The standard InChI is InChI=1S/C21H39N3O2S/c1-21(2)11-8-17(9-12-21)14-22-20(24-19-6-4-3-5-7-19)23-15-18-10-13-27(25,26)16-18/h17-19H,3-16H2,1-2H3,(H2,22,23,24). The lowest BCUT2D eigenvalue weighted by atomic mass is 9.73. The maximum absolute atomic E-state index is 11.7. The van der Waals surface area contributed by atoms with Gasteiger partial charge in [-0.25, -0.2) is 8.42 Å². The van der Waals surface area contributed by atoms with Crippen LogP contribution in [0.2, 0.25) is 0 Å². The molecule has 5 nitrogen and oxygen atoms in total. The van der Waals surface area contributed by atoms with Crippen LogP contribution in [0.5, 0.6) is 0 Å². The second-order valence-electron chi connectivity index (χ2n) is 9.93. The minimum Gasteiger partial charge on any atom is -0.356 e. The van der Waals surface area contributed by atoms with Gasteiger partial charge in [0, 0.05) is 19.1 Å². The van der Waals surface area contributed by atoms with Crippen molar-refractivity contribution in [2.45, 2.75) is 84.1 Å². The molecular formula is C21H39N3O2S. The molecule has 27 heavy (non-hydrogen) atoms. The molecule has 1 atom stereocenters. The van der Waals surface area contributed by atoms with Crippen molar-refractivity contribution < 1.29 is 8.42 Å². The van der Waals surface area contributed by atoms with E-state index >= 15 is 0 Å². The first-order chi connectivity index (χ1) is 12.8. The molecule has 3 fully saturated rings. The molecular weight excluding hydrogens is 358 g/mol. The molecule has 2 saturated carbocycles. The molecule has 3 rings (SSSR count). The molecule has 0 spiro atoms. The summed E-state index contributed by atoms with van der Waals surface area (Å²) in [5.41, 5.74) is 0.502. The van der Waals surface area contributed by atoms with Gasteiger partial charge in [0.1, 0.15) is 0 Å². The van der Waals surface area contributed by atoms with Crippen LogP contribution in [-0.2, 0) is 9.84 Å². The van der Waals surface area contributed by atoms with Gasteiger partial charge < -0.3 is 10.6 Å². The van der Waals surface area contributed by atoms with Gasteiger partial charge in [0.15, 0.2) is 15.8 Å². The van der Waals surface area contributed by atoms with Crippen molar-refractivity contribution >= 4 is 15.8 Å². The highest BCUT2D eigenvalue weighted by Crippen LogP contribution is 2.37. The fraction of sp³-hybridized carbons (Fsp3) is 0.952. The second kappa shape index (κ2) is 9.15. The number of sulfone groups is 1. The first-order valence-corrected chi connectivity index (χ1v) is 12.9. The van der Waals surface area contributed by atoms with Crippen LogP contribution in [0.25, 0.3) is 0 Å². The molecule has 0 aromatic carbocycles. The third-order valence-electron chi connectivity index (χ3n) is 6.80. The van der Waals surface area contributed by atoms with Gasteiger partial charge in [-0.15, -0.1) is 0 Å². The van der Waals surface area contributed by atoms with E-state index in [0.29, 0.717) is 29.5 Å². The molecule has 2 N–H and O–H groups in total. The summed E-state index contributed by atoms with van der Waals surface area (Å²) in [6.45, 7) is 6.37. The fourth-order valence-corrected chi connectivity index (χ4v) is 6.58. The van der Waals surface area contributed by atoms with Crippen molar-refractivity contribution in [2.24, 2.45) is 22.2 Å². The lowest BCUT2D eigenvalue weighted by Gasteiger charge is -2.34. The highest BCUT2D eigenvalue weighted by Gasteiger charge is 2.28. The van der Waals surface area contributed by atoms with E-state index in [0.717, 1.165) is 24.8 Å². The van der Waals surface area contributed by atoms with Gasteiger partial charge in [0.2, 0.25) is 0 Å². The zero-order chi connectivity index (χ0) is 19.3. The van der Waals surface area contributed by atoms with Crippen molar-refractivity contribution in [3.8, 4) is 0 Å². The van der Waals surface area contributed by atoms with Crippen LogP contribution in [0.15, 0.2) is 4.99 Å². The summed E-state index contributed by atoms with van der Waals surface area (Å²) in [7, 11) is -2.82. The summed E-state index contributed by atoms with van der Waals surface area (Å²) in [6.07, 6.45) is 12.3. The van der Waals surface area contributed by atoms with Crippen molar-refractivity contribution in [1.82, 2.24) is 10.6 Å². The lowest BCUT2D eigenvalue weighted by Crippen LogP contribution is -2.46. The Balaban J connectivity index is 1.53. The second-order valence-corrected chi connectivity index (χ2v) is 12.2. The SMILES string of the molecule is CC1(C)CCC(CNC(=NCC2CCS(=O)(=O)C2)NC2CCCCC2)CC1. The average Bonchev–Trinajstić information content (AvgIpc) is 2.98. The minimum absolute atomic E-state index is 0.190. The Morgan fingerprint density at radius 1 is 1.00 bits per heavy atom. The highest BCUT2D eigenvalue weighted by molar-refractivity contribution is 7.91. The van der Waals surface area contributed by atoms with E-state index in [4.69, 9.17) is 4.99 Å². The van der Waals surface area contributed by atoms with E-state index in [1.807, 2.05) is 0 Å². The Kier molecular flexibility index (Phi) is 7.09. The molecule has 1 aliphatic heterocycles. The van der Waals surface area contributed by atoms with E-state index in [1.165, 1.54) is 57.8 Å². The third-order valence-corrected chi connectivity index (χ3v) is 8.63. The number of rotatable bonds is 5. The zero-order valence-electron chi connectivity index (χ0n) is 17.3. The Bertz CT molecular complexity index is 599. The van der Waals surface area contributed by atoms with Gasteiger partial charge in [-0.05, 0) is 62.2 Å². The highest BCUT2D eigenvalue weighted by atomic mass is 32.2. The predicted octanol–water partition coefficient (Wildman–Crippen LogP) is 3.51. The van der Waals surface area contributed by atoms with Gasteiger partial charge in [-0.1, -0.05) is 33.1 Å². The average molecular weight is 398 g/mol. The summed E-state index contributed by atoms with van der Waals surface area (Å²) < 4.78 is 23.4. The first-order valence-electron chi connectivity index (χ1n) is 11.1. The Hall–Kier alpha value is -0.780. The smallest absolute Gasteiger partial charge is 0.191 e. The summed E-state index contributed by atoms with van der Waals surface area (Å²) in [5.74, 6) is 2.48. The Labute approximate surface area is 166 Å². The summed E-state index contributed by atoms with van der Waals surface area (Å²) >= 11 is 0. The summed E-state index contributed by atoms with van der Waals surface area (Å²) in [6, 6.07) is 0.516. The van der Waals surface area contributed by atoms with Crippen molar-refractivity contribution in [1.29, 1.82) is 0 Å². The van der Waals surface area contributed by atoms with Crippen LogP contribution in [-0.4, -0.2) is 45.0 Å². The van der Waals surface area contributed by atoms with Crippen LogP contribution in [0.3, 0.4) is 0 Å². The molecule has 156 valence electrons. The maximum Gasteiger partial charge on any atom is 0.191 e. The van der Waals surface area contributed by atoms with Gasteiger partial charge in [-0.3, -0.25) is 4.99 Å². The quantitative estimate of drug-likeness (QED) is 0.550. The Morgan fingerprint density at radius 3 is 2.33 bits per heavy atom. The molecule has 1 unspecified atom stereocenters. The topological polar surface area (TPSA) is 70.6 Å². The van der Waals surface area contributed by atoms with Crippen molar-refractivity contribution in [2.75, 3.05) is 24.6 Å². The van der Waals surface area contributed by atoms with E-state index in [2.05, 4.69) is 24.5 Å². The van der Waals surface area contributed by atoms with E-state index in [9.17, 15) is 8.42 Å². The number of nitrogens with zero attached hydrogens (tertiary/aromatic N) is 1. The van der Waals surface area contributed by atoms with E-state index in [-0.39, 0.29) is 5.92 Å². The van der Waals surface area contributed by atoms with Gasteiger partial charge in [0.25, 0.3) is 0 Å².